The third-order valence-corrected chi connectivity index (χ3v) is 4.06. The predicted molar refractivity (Wildman–Crippen MR) is 95.3 cm³/mol. The van der Waals surface area contributed by atoms with Gasteiger partial charge in [-0.2, -0.15) is 5.10 Å². The molecule has 118 valence electrons. The number of nitrogens with one attached hydrogen (secondary N) is 1. The summed E-state index contributed by atoms with van der Waals surface area (Å²) in [6.45, 7) is 2.72. The van der Waals surface area contributed by atoms with Gasteiger partial charge in [-0.15, -0.1) is 0 Å². The zero-order valence-corrected chi connectivity index (χ0v) is 13.7. The van der Waals surface area contributed by atoms with Crippen LogP contribution in [0, 0.1) is 0 Å². The molecule has 0 radical (unpaired) electrons. The Kier molecular flexibility index (Phi) is 4.63. The van der Waals surface area contributed by atoms with E-state index < -0.39 is 0 Å². The predicted octanol–water partition coefficient (Wildman–Crippen LogP) is 4.30. The molecule has 0 aromatic heterocycles. The highest BCUT2D eigenvalue weighted by molar-refractivity contribution is 6.30. The Bertz CT molecular complexity index is 757. The number of hydrazone groups is 1. The van der Waals surface area contributed by atoms with E-state index in [-0.39, 0.29) is 5.91 Å². The van der Waals surface area contributed by atoms with Gasteiger partial charge in [0.1, 0.15) is 0 Å². The number of benzene rings is 2. The van der Waals surface area contributed by atoms with E-state index in [0.29, 0.717) is 11.4 Å². The molecule has 2 aromatic carbocycles. The molecule has 2 aromatic rings. The summed E-state index contributed by atoms with van der Waals surface area (Å²) in [5.74, 6) is 0.189. The summed E-state index contributed by atoms with van der Waals surface area (Å²) in [6.07, 6.45) is 1.56. The molecule has 3 rings (SSSR count). The zero-order chi connectivity index (χ0) is 16.2. The molecule has 1 heterocycles. The van der Waals surface area contributed by atoms with Crippen LogP contribution in [0.5, 0.6) is 0 Å². The number of amides is 1. The van der Waals surface area contributed by atoms with Crippen LogP contribution in [-0.2, 0) is 4.79 Å². The minimum absolute atomic E-state index is 0.189. The van der Waals surface area contributed by atoms with Gasteiger partial charge in [-0.25, -0.2) is 0 Å². The lowest BCUT2D eigenvalue weighted by atomic mass is 10.1. The van der Waals surface area contributed by atoms with Crippen molar-refractivity contribution in [3.63, 3.8) is 0 Å². The van der Waals surface area contributed by atoms with Crippen LogP contribution in [0.25, 0.3) is 0 Å². The first kappa shape index (κ1) is 15.6. The molecule has 1 aliphatic rings. The Morgan fingerprint density at radius 3 is 2.78 bits per heavy atom. The minimum Gasteiger partial charge on any atom is -0.312 e. The number of anilines is 2. The fourth-order valence-corrected chi connectivity index (χ4v) is 2.78. The zero-order valence-electron chi connectivity index (χ0n) is 12.9. The van der Waals surface area contributed by atoms with Crippen molar-refractivity contribution in [3.8, 4) is 0 Å². The highest BCUT2D eigenvalue weighted by Crippen LogP contribution is 2.22. The molecule has 0 aliphatic carbocycles. The molecule has 0 saturated carbocycles. The average molecular weight is 328 g/mol. The molecule has 0 spiro atoms. The second-order valence-electron chi connectivity index (χ2n) is 5.52. The van der Waals surface area contributed by atoms with Crippen molar-refractivity contribution >= 4 is 34.6 Å². The van der Waals surface area contributed by atoms with E-state index in [1.165, 1.54) is 0 Å². The number of hydrogen-bond donors (Lipinski definition) is 1. The normalized spacial score (nSPS) is 15.1. The van der Waals surface area contributed by atoms with Gasteiger partial charge in [0.25, 0.3) is 0 Å². The number of hydrogen-bond acceptors (Lipinski definition) is 3. The largest absolute Gasteiger partial charge is 0.312 e. The lowest BCUT2D eigenvalue weighted by molar-refractivity contribution is -0.117. The van der Waals surface area contributed by atoms with Gasteiger partial charge in [-0.1, -0.05) is 29.8 Å². The maximum Gasteiger partial charge on any atom is 0.227 e. The molecule has 23 heavy (non-hydrogen) atoms. The highest BCUT2D eigenvalue weighted by Gasteiger charge is 2.21. The first-order valence-electron chi connectivity index (χ1n) is 7.60. The van der Waals surface area contributed by atoms with Crippen molar-refractivity contribution in [1.29, 1.82) is 0 Å². The maximum absolute atomic E-state index is 11.9. The topological polar surface area (TPSA) is 44.7 Å². The summed E-state index contributed by atoms with van der Waals surface area (Å²) < 4.78 is 0. The van der Waals surface area contributed by atoms with Crippen LogP contribution < -0.4 is 10.3 Å². The van der Waals surface area contributed by atoms with E-state index in [4.69, 9.17) is 11.6 Å². The number of nitrogens with zero attached hydrogens (tertiary/aromatic N) is 2. The van der Waals surface area contributed by atoms with E-state index in [1.54, 1.807) is 0 Å². The molecule has 1 fully saturated rings. The Morgan fingerprint density at radius 2 is 2.04 bits per heavy atom. The molecule has 5 heteroatoms. The summed E-state index contributed by atoms with van der Waals surface area (Å²) >= 11 is 5.96. The number of carbonyl (C=O) groups excluding carboxylic acids is 1. The van der Waals surface area contributed by atoms with Gasteiger partial charge >= 0.3 is 0 Å². The Hall–Kier alpha value is -2.33. The lowest BCUT2D eigenvalue weighted by Gasteiger charge is -2.16. The smallest absolute Gasteiger partial charge is 0.227 e. The Labute approximate surface area is 140 Å². The van der Waals surface area contributed by atoms with E-state index >= 15 is 0 Å². The van der Waals surface area contributed by atoms with Crippen LogP contribution in [0.1, 0.15) is 25.3 Å². The molecule has 4 nitrogen and oxygen atoms in total. The van der Waals surface area contributed by atoms with Crippen LogP contribution in [0.3, 0.4) is 0 Å². The second kappa shape index (κ2) is 6.84. The van der Waals surface area contributed by atoms with Gasteiger partial charge in [-0.3, -0.25) is 10.2 Å². The minimum atomic E-state index is 0.189. The molecule has 1 aliphatic heterocycles. The number of rotatable bonds is 4. The van der Waals surface area contributed by atoms with Crippen molar-refractivity contribution in [2.75, 3.05) is 16.9 Å². The fraction of sp³-hybridized carbons (Fsp3) is 0.222. The van der Waals surface area contributed by atoms with Crippen LogP contribution in [0.4, 0.5) is 11.4 Å². The van der Waals surface area contributed by atoms with Crippen LogP contribution in [-0.4, -0.2) is 18.2 Å². The van der Waals surface area contributed by atoms with Crippen molar-refractivity contribution in [3.05, 3.63) is 59.1 Å². The molecular weight excluding hydrogens is 310 g/mol. The van der Waals surface area contributed by atoms with E-state index in [2.05, 4.69) is 10.5 Å². The molecule has 0 bridgehead atoms. The van der Waals surface area contributed by atoms with Crippen LogP contribution in [0.2, 0.25) is 5.02 Å². The van der Waals surface area contributed by atoms with Crippen molar-refractivity contribution < 1.29 is 4.79 Å². The third-order valence-electron chi connectivity index (χ3n) is 3.83. The van der Waals surface area contributed by atoms with Gasteiger partial charge in [0, 0.05) is 23.7 Å². The third kappa shape index (κ3) is 3.71. The number of halogens is 1. The SMILES string of the molecule is C/C(=N/Nc1cccc(Cl)c1)c1cccc(N2CCCC2=O)c1. The van der Waals surface area contributed by atoms with Crippen LogP contribution in [0.15, 0.2) is 53.6 Å². The summed E-state index contributed by atoms with van der Waals surface area (Å²) in [4.78, 5) is 13.7. The molecule has 0 unspecified atom stereocenters. The maximum atomic E-state index is 11.9. The van der Waals surface area contributed by atoms with E-state index in [9.17, 15) is 4.79 Å². The van der Waals surface area contributed by atoms with Gasteiger partial charge in [0.15, 0.2) is 0 Å². The summed E-state index contributed by atoms with van der Waals surface area (Å²) in [7, 11) is 0. The van der Waals surface area contributed by atoms with E-state index in [1.807, 2.05) is 60.4 Å². The van der Waals surface area contributed by atoms with Gasteiger partial charge in [-0.05, 0) is 49.2 Å². The molecule has 0 atom stereocenters. The fourth-order valence-electron chi connectivity index (χ4n) is 2.59. The Morgan fingerprint density at radius 1 is 1.22 bits per heavy atom. The summed E-state index contributed by atoms with van der Waals surface area (Å²) in [5, 5.41) is 5.06. The van der Waals surface area contributed by atoms with Gasteiger partial charge in [0.05, 0.1) is 11.4 Å². The standard InChI is InChI=1S/C18H18ClN3O/c1-13(20-21-16-7-3-6-15(19)12-16)14-5-2-8-17(11-14)22-10-4-9-18(22)23/h2-3,5-8,11-12,21H,4,9-10H2,1H3/b20-13-. The second-order valence-corrected chi connectivity index (χ2v) is 5.96. The number of carbonyl (C=O) groups is 1. The molecule has 1 saturated heterocycles. The molecular formula is C18H18ClN3O. The highest BCUT2D eigenvalue weighted by atomic mass is 35.5. The summed E-state index contributed by atoms with van der Waals surface area (Å²) in [6, 6.07) is 15.3. The lowest BCUT2D eigenvalue weighted by Crippen LogP contribution is -2.23. The quantitative estimate of drug-likeness (QED) is 0.672. The van der Waals surface area contributed by atoms with Gasteiger partial charge < -0.3 is 4.90 Å². The van der Waals surface area contributed by atoms with Crippen LogP contribution >= 0.6 is 11.6 Å². The monoisotopic (exact) mass is 327 g/mol. The Balaban J connectivity index is 1.78. The van der Waals surface area contributed by atoms with Crippen molar-refractivity contribution in [2.45, 2.75) is 19.8 Å². The summed E-state index contributed by atoms with van der Waals surface area (Å²) in [5.41, 5.74) is 6.60. The van der Waals surface area contributed by atoms with Crippen molar-refractivity contribution in [1.82, 2.24) is 0 Å². The first-order valence-corrected chi connectivity index (χ1v) is 7.98. The molecule has 1 N–H and O–H groups in total. The van der Waals surface area contributed by atoms with Gasteiger partial charge in [0.2, 0.25) is 5.91 Å². The average Bonchev–Trinajstić information content (AvgIpc) is 2.99. The molecule has 1 amide bonds. The van der Waals surface area contributed by atoms with Crippen molar-refractivity contribution in [2.24, 2.45) is 5.10 Å². The van der Waals surface area contributed by atoms with E-state index in [0.717, 1.165) is 35.6 Å². The first-order chi connectivity index (χ1) is 11.1.